The predicted molar refractivity (Wildman–Crippen MR) is 84.0 cm³/mol. The Kier molecular flexibility index (Phi) is 7.19. The number of hydrogen-bond acceptors (Lipinski definition) is 4. The molecular formula is C17H25NO4. The van der Waals surface area contributed by atoms with Crippen LogP contribution in [0.1, 0.15) is 19.3 Å². The molecule has 5 nitrogen and oxygen atoms in total. The largest absolute Gasteiger partial charge is 0.491 e. The summed E-state index contributed by atoms with van der Waals surface area (Å²) in [6, 6.07) is 9.73. The van der Waals surface area contributed by atoms with Crippen molar-refractivity contribution in [3.05, 3.63) is 30.3 Å². The van der Waals surface area contributed by atoms with Crippen molar-refractivity contribution in [3.63, 3.8) is 0 Å². The first-order chi connectivity index (χ1) is 10.8. The molecule has 0 bridgehead atoms. The summed E-state index contributed by atoms with van der Waals surface area (Å²) in [6.45, 7) is 3.17. The Bertz CT molecular complexity index is 430. The number of rotatable bonds is 8. The van der Waals surface area contributed by atoms with Crippen LogP contribution in [0.5, 0.6) is 5.75 Å². The van der Waals surface area contributed by atoms with E-state index >= 15 is 0 Å². The van der Waals surface area contributed by atoms with Crippen molar-refractivity contribution >= 4 is 5.91 Å². The number of nitrogens with zero attached hydrogens (tertiary/aromatic N) is 1. The fourth-order valence-corrected chi connectivity index (χ4v) is 2.51. The van der Waals surface area contributed by atoms with E-state index in [1.807, 2.05) is 35.2 Å². The van der Waals surface area contributed by atoms with E-state index in [4.69, 9.17) is 14.2 Å². The number of carbonyl (C=O) groups excluding carboxylic acids is 1. The van der Waals surface area contributed by atoms with Gasteiger partial charge in [-0.1, -0.05) is 18.2 Å². The molecule has 0 saturated carbocycles. The summed E-state index contributed by atoms with van der Waals surface area (Å²) in [5, 5.41) is 0. The van der Waals surface area contributed by atoms with E-state index in [0.717, 1.165) is 31.7 Å². The zero-order valence-corrected chi connectivity index (χ0v) is 13.2. The second kappa shape index (κ2) is 9.43. The van der Waals surface area contributed by atoms with Gasteiger partial charge < -0.3 is 19.1 Å². The van der Waals surface area contributed by atoms with E-state index < -0.39 is 0 Å². The molecule has 0 spiro atoms. The van der Waals surface area contributed by atoms with Crippen LogP contribution in [0.2, 0.25) is 0 Å². The van der Waals surface area contributed by atoms with Gasteiger partial charge in [-0.05, 0) is 25.0 Å². The lowest BCUT2D eigenvalue weighted by atomic mass is 10.1. The fraction of sp³-hybridized carbons (Fsp3) is 0.588. The molecule has 0 atom stereocenters. The van der Waals surface area contributed by atoms with Crippen molar-refractivity contribution in [1.29, 1.82) is 0 Å². The van der Waals surface area contributed by atoms with Gasteiger partial charge >= 0.3 is 0 Å². The van der Waals surface area contributed by atoms with Crippen LogP contribution < -0.4 is 4.74 Å². The van der Waals surface area contributed by atoms with Gasteiger partial charge in [0.25, 0.3) is 0 Å². The van der Waals surface area contributed by atoms with Crippen molar-refractivity contribution in [3.8, 4) is 5.75 Å². The third-order valence-corrected chi connectivity index (χ3v) is 3.76. The van der Waals surface area contributed by atoms with Crippen LogP contribution in [0.15, 0.2) is 30.3 Å². The van der Waals surface area contributed by atoms with Gasteiger partial charge in [0, 0.05) is 20.2 Å². The van der Waals surface area contributed by atoms with Crippen molar-refractivity contribution in [1.82, 2.24) is 4.90 Å². The maximum Gasteiger partial charge on any atom is 0.224 e. The zero-order valence-electron chi connectivity index (χ0n) is 13.2. The number of para-hydroxylation sites is 1. The van der Waals surface area contributed by atoms with E-state index in [0.29, 0.717) is 26.2 Å². The fourth-order valence-electron chi connectivity index (χ4n) is 2.51. The molecule has 1 aromatic carbocycles. The SMILES string of the molecule is COCCC(=O)N1CCC(OCCOc2ccccc2)CC1. The van der Waals surface area contributed by atoms with Gasteiger partial charge in [0.2, 0.25) is 5.91 Å². The van der Waals surface area contributed by atoms with Gasteiger partial charge in [-0.15, -0.1) is 0 Å². The molecule has 1 fully saturated rings. The molecule has 1 aliphatic heterocycles. The normalized spacial score (nSPS) is 15.8. The van der Waals surface area contributed by atoms with Gasteiger partial charge in [-0.2, -0.15) is 0 Å². The topological polar surface area (TPSA) is 48.0 Å². The lowest BCUT2D eigenvalue weighted by Gasteiger charge is -2.32. The number of benzene rings is 1. The molecule has 1 amide bonds. The molecule has 0 aromatic heterocycles. The Labute approximate surface area is 132 Å². The van der Waals surface area contributed by atoms with Crippen LogP contribution in [0, 0.1) is 0 Å². The summed E-state index contributed by atoms with van der Waals surface area (Å²) in [5.74, 6) is 1.04. The van der Waals surface area contributed by atoms with Crippen LogP contribution >= 0.6 is 0 Å². The molecule has 5 heteroatoms. The van der Waals surface area contributed by atoms with Crippen molar-refractivity contribution in [2.24, 2.45) is 0 Å². The highest BCUT2D eigenvalue weighted by molar-refractivity contribution is 5.76. The van der Waals surface area contributed by atoms with E-state index in [-0.39, 0.29) is 12.0 Å². The summed E-state index contributed by atoms with van der Waals surface area (Å²) in [5.41, 5.74) is 0. The maximum atomic E-state index is 11.9. The minimum atomic E-state index is 0.174. The van der Waals surface area contributed by atoms with Crippen LogP contribution in [-0.2, 0) is 14.3 Å². The second-order valence-electron chi connectivity index (χ2n) is 5.36. The molecule has 0 aliphatic carbocycles. The number of amides is 1. The molecule has 1 aromatic rings. The van der Waals surface area contributed by atoms with Crippen LogP contribution in [0.25, 0.3) is 0 Å². The number of carbonyl (C=O) groups is 1. The Hall–Kier alpha value is -1.59. The first kappa shape index (κ1) is 16.8. The average molecular weight is 307 g/mol. The zero-order chi connectivity index (χ0) is 15.6. The summed E-state index contributed by atoms with van der Waals surface area (Å²) in [6.07, 6.45) is 2.48. The Morgan fingerprint density at radius 1 is 1.14 bits per heavy atom. The van der Waals surface area contributed by atoms with E-state index in [2.05, 4.69) is 0 Å². The molecule has 1 aliphatic rings. The molecular weight excluding hydrogens is 282 g/mol. The maximum absolute atomic E-state index is 11.9. The first-order valence-electron chi connectivity index (χ1n) is 7.86. The van der Waals surface area contributed by atoms with Gasteiger partial charge in [-0.3, -0.25) is 4.79 Å². The number of hydrogen-bond donors (Lipinski definition) is 0. The minimum absolute atomic E-state index is 0.174. The predicted octanol–water partition coefficient (Wildman–Crippen LogP) is 2.11. The molecule has 122 valence electrons. The first-order valence-corrected chi connectivity index (χ1v) is 7.86. The van der Waals surface area contributed by atoms with Gasteiger partial charge in [0.1, 0.15) is 12.4 Å². The molecule has 2 rings (SSSR count). The van der Waals surface area contributed by atoms with Crippen molar-refractivity contribution in [2.45, 2.75) is 25.4 Å². The van der Waals surface area contributed by atoms with Crippen molar-refractivity contribution < 1.29 is 19.0 Å². The molecule has 1 heterocycles. The lowest BCUT2D eigenvalue weighted by Crippen LogP contribution is -2.41. The summed E-state index contributed by atoms with van der Waals surface area (Å²) in [4.78, 5) is 13.8. The number of likely N-dealkylation sites (tertiary alicyclic amines) is 1. The highest BCUT2D eigenvalue weighted by Crippen LogP contribution is 2.15. The van der Waals surface area contributed by atoms with Crippen LogP contribution in [0.3, 0.4) is 0 Å². The second-order valence-corrected chi connectivity index (χ2v) is 5.36. The van der Waals surface area contributed by atoms with E-state index in [1.165, 1.54) is 0 Å². The van der Waals surface area contributed by atoms with E-state index in [1.54, 1.807) is 7.11 Å². The number of ether oxygens (including phenoxy) is 3. The lowest BCUT2D eigenvalue weighted by molar-refractivity contribution is -0.134. The molecule has 0 radical (unpaired) electrons. The summed E-state index contributed by atoms with van der Waals surface area (Å²) >= 11 is 0. The van der Waals surface area contributed by atoms with Crippen LogP contribution in [-0.4, -0.2) is 56.9 Å². The Morgan fingerprint density at radius 2 is 1.86 bits per heavy atom. The van der Waals surface area contributed by atoms with Crippen molar-refractivity contribution in [2.75, 3.05) is 40.0 Å². The smallest absolute Gasteiger partial charge is 0.224 e. The number of piperidine rings is 1. The minimum Gasteiger partial charge on any atom is -0.491 e. The molecule has 0 N–H and O–H groups in total. The quantitative estimate of drug-likeness (QED) is 0.690. The monoisotopic (exact) mass is 307 g/mol. The Balaban J connectivity index is 1.56. The van der Waals surface area contributed by atoms with Crippen LogP contribution in [0.4, 0.5) is 0 Å². The number of methoxy groups -OCH3 is 1. The Morgan fingerprint density at radius 3 is 2.55 bits per heavy atom. The summed E-state index contributed by atoms with van der Waals surface area (Å²) in [7, 11) is 1.62. The third-order valence-electron chi connectivity index (χ3n) is 3.76. The third kappa shape index (κ3) is 5.66. The molecule has 1 saturated heterocycles. The van der Waals surface area contributed by atoms with Gasteiger partial charge in [0.05, 0.1) is 25.7 Å². The van der Waals surface area contributed by atoms with Gasteiger partial charge in [-0.25, -0.2) is 0 Å². The van der Waals surface area contributed by atoms with E-state index in [9.17, 15) is 4.79 Å². The standard InChI is InChI=1S/C17H25NO4/c1-20-12-9-17(19)18-10-7-16(8-11-18)22-14-13-21-15-5-3-2-4-6-15/h2-6,16H,7-14H2,1H3. The average Bonchev–Trinajstić information content (AvgIpc) is 2.58. The highest BCUT2D eigenvalue weighted by atomic mass is 16.5. The molecule has 22 heavy (non-hydrogen) atoms. The highest BCUT2D eigenvalue weighted by Gasteiger charge is 2.22. The summed E-state index contributed by atoms with van der Waals surface area (Å²) < 4.78 is 16.4. The van der Waals surface area contributed by atoms with Gasteiger partial charge in [0.15, 0.2) is 0 Å². The molecule has 0 unspecified atom stereocenters.